The molecule has 0 bridgehead atoms. The van der Waals surface area contributed by atoms with Gasteiger partial charge in [-0.3, -0.25) is 4.79 Å². The second-order valence-corrected chi connectivity index (χ2v) is 4.32. The van der Waals surface area contributed by atoms with Gasteiger partial charge >= 0.3 is 5.97 Å². The quantitative estimate of drug-likeness (QED) is 0.781. The van der Waals surface area contributed by atoms with Gasteiger partial charge in [-0.25, -0.2) is 0 Å². The maximum Gasteiger partial charge on any atom is 0.311 e. The Balaban J connectivity index is 2.52. The van der Waals surface area contributed by atoms with Gasteiger partial charge in [0.05, 0.1) is 5.92 Å². The highest BCUT2D eigenvalue weighted by Crippen LogP contribution is 2.43. The predicted molar refractivity (Wildman–Crippen MR) is 52.6 cm³/mol. The Labute approximate surface area is 84.9 Å². The third-order valence-corrected chi connectivity index (χ3v) is 3.56. The molecule has 4 heteroatoms. The highest BCUT2D eigenvalue weighted by Gasteiger charge is 2.30. The second-order valence-electron chi connectivity index (χ2n) is 2.85. The second kappa shape index (κ2) is 3.24. The average molecular weight is 215 g/mol. The third-order valence-electron chi connectivity index (χ3n) is 2.06. The fourth-order valence-corrected chi connectivity index (χ4v) is 3.03. The van der Waals surface area contributed by atoms with Crippen molar-refractivity contribution in [1.29, 1.82) is 0 Å². The van der Waals surface area contributed by atoms with E-state index in [1.807, 2.05) is 12.1 Å². The molecule has 1 heterocycles. The van der Waals surface area contributed by atoms with Crippen LogP contribution in [0.2, 0.25) is 5.02 Å². The van der Waals surface area contributed by atoms with Gasteiger partial charge < -0.3 is 5.11 Å². The highest BCUT2D eigenvalue weighted by molar-refractivity contribution is 7.99. The Morgan fingerprint density at radius 2 is 2.38 bits per heavy atom. The van der Waals surface area contributed by atoms with Crippen molar-refractivity contribution in [2.24, 2.45) is 0 Å². The monoisotopic (exact) mass is 214 g/mol. The number of rotatable bonds is 1. The van der Waals surface area contributed by atoms with Crippen molar-refractivity contribution in [2.45, 2.75) is 10.8 Å². The molecule has 13 heavy (non-hydrogen) atoms. The fraction of sp³-hybridized carbons (Fsp3) is 0.222. The molecular formula is C9H7ClO2S. The maximum atomic E-state index is 10.8. The van der Waals surface area contributed by atoms with Crippen molar-refractivity contribution < 1.29 is 9.90 Å². The van der Waals surface area contributed by atoms with Gasteiger partial charge in [0.2, 0.25) is 0 Å². The molecule has 0 spiro atoms. The van der Waals surface area contributed by atoms with E-state index in [9.17, 15) is 4.79 Å². The Morgan fingerprint density at radius 1 is 1.62 bits per heavy atom. The molecule has 1 aliphatic heterocycles. The Kier molecular flexibility index (Phi) is 2.22. The molecule has 0 radical (unpaired) electrons. The van der Waals surface area contributed by atoms with Crippen molar-refractivity contribution in [3.05, 3.63) is 28.8 Å². The smallest absolute Gasteiger partial charge is 0.311 e. The summed E-state index contributed by atoms with van der Waals surface area (Å²) in [4.78, 5) is 11.8. The van der Waals surface area contributed by atoms with E-state index in [0.717, 1.165) is 10.5 Å². The lowest BCUT2D eigenvalue weighted by Crippen LogP contribution is -2.10. The molecule has 2 rings (SSSR count). The highest BCUT2D eigenvalue weighted by atomic mass is 35.5. The van der Waals surface area contributed by atoms with E-state index in [2.05, 4.69) is 0 Å². The van der Waals surface area contributed by atoms with Gasteiger partial charge in [0.15, 0.2) is 0 Å². The zero-order chi connectivity index (χ0) is 9.42. The molecule has 2 nitrogen and oxygen atoms in total. The van der Waals surface area contributed by atoms with Gasteiger partial charge in [0.1, 0.15) is 0 Å². The van der Waals surface area contributed by atoms with Gasteiger partial charge in [-0.1, -0.05) is 17.7 Å². The molecule has 68 valence electrons. The van der Waals surface area contributed by atoms with Crippen LogP contribution >= 0.6 is 23.4 Å². The van der Waals surface area contributed by atoms with Crippen LogP contribution in [0, 0.1) is 0 Å². The number of halogens is 1. The molecular weight excluding hydrogens is 208 g/mol. The first-order chi connectivity index (χ1) is 6.20. The third kappa shape index (κ3) is 1.42. The minimum Gasteiger partial charge on any atom is -0.481 e. The summed E-state index contributed by atoms with van der Waals surface area (Å²) in [6.45, 7) is 0. The molecule has 0 amide bonds. The van der Waals surface area contributed by atoms with Crippen LogP contribution in [0.1, 0.15) is 11.5 Å². The first kappa shape index (κ1) is 8.91. The summed E-state index contributed by atoms with van der Waals surface area (Å²) >= 11 is 7.48. The summed E-state index contributed by atoms with van der Waals surface area (Å²) in [5.74, 6) is -0.637. The molecule has 0 aromatic heterocycles. The van der Waals surface area contributed by atoms with E-state index in [-0.39, 0.29) is 0 Å². The molecule has 0 saturated carbocycles. The van der Waals surface area contributed by atoms with Gasteiger partial charge in [0, 0.05) is 15.7 Å². The normalized spacial score (nSPS) is 19.9. The van der Waals surface area contributed by atoms with Crippen LogP contribution in [0.3, 0.4) is 0 Å². The number of carboxylic acids is 1. The van der Waals surface area contributed by atoms with Gasteiger partial charge in [-0.2, -0.15) is 0 Å². The summed E-state index contributed by atoms with van der Waals surface area (Å²) in [5, 5.41) is 9.48. The van der Waals surface area contributed by atoms with Crippen molar-refractivity contribution in [3.63, 3.8) is 0 Å². The SMILES string of the molecule is O=C(O)C1CSc2cccc(Cl)c21. The van der Waals surface area contributed by atoms with Crippen LogP contribution in [-0.2, 0) is 4.79 Å². The van der Waals surface area contributed by atoms with Crippen molar-refractivity contribution >= 4 is 29.3 Å². The number of thioether (sulfide) groups is 1. The van der Waals surface area contributed by atoms with Crippen molar-refractivity contribution in [2.75, 3.05) is 5.75 Å². The molecule has 0 fully saturated rings. The minimum atomic E-state index is -0.792. The Bertz CT molecular complexity index is 365. The standard InChI is InChI=1S/C9H7ClO2S/c10-6-2-1-3-7-8(6)5(4-13-7)9(11)12/h1-3,5H,4H2,(H,11,12). The molecule has 1 aromatic rings. The minimum absolute atomic E-state index is 0.436. The summed E-state index contributed by atoms with van der Waals surface area (Å²) in [5.41, 5.74) is 0.779. The Hall–Kier alpha value is -0.670. The molecule has 1 N–H and O–H groups in total. The molecule has 1 aliphatic rings. The lowest BCUT2D eigenvalue weighted by molar-refractivity contribution is -0.138. The average Bonchev–Trinajstić information content (AvgIpc) is 2.49. The van der Waals surface area contributed by atoms with Crippen LogP contribution in [0.25, 0.3) is 0 Å². The number of hydrogen-bond acceptors (Lipinski definition) is 2. The van der Waals surface area contributed by atoms with Crippen LogP contribution in [0.5, 0.6) is 0 Å². The van der Waals surface area contributed by atoms with E-state index in [0.29, 0.717) is 10.8 Å². The lowest BCUT2D eigenvalue weighted by Gasteiger charge is -2.05. The topological polar surface area (TPSA) is 37.3 Å². The number of hydrogen-bond donors (Lipinski definition) is 1. The molecule has 0 saturated heterocycles. The van der Waals surface area contributed by atoms with Gasteiger partial charge in [-0.05, 0) is 17.7 Å². The van der Waals surface area contributed by atoms with Gasteiger partial charge in [0.25, 0.3) is 0 Å². The van der Waals surface area contributed by atoms with Crippen molar-refractivity contribution in [1.82, 2.24) is 0 Å². The van der Waals surface area contributed by atoms with E-state index >= 15 is 0 Å². The molecule has 1 atom stereocenters. The number of fused-ring (bicyclic) bond motifs is 1. The summed E-state index contributed by atoms with van der Waals surface area (Å²) in [6.07, 6.45) is 0. The van der Waals surface area contributed by atoms with Crippen LogP contribution in [-0.4, -0.2) is 16.8 Å². The van der Waals surface area contributed by atoms with Crippen LogP contribution in [0.15, 0.2) is 23.1 Å². The first-order valence-electron chi connectivity index (χ1n) is 3.84. The van der Waals surface area contributed by atoms with Crippen LogP contribution < -0.4 is 0 Å². The number of carboxylic acid groups (broad SMARTS) is 1. The largest absolute Gasteiger partial charge is 0.481 e. The maximum absolute atomic E-state index is 10.8. The summed E-state index contributed by atoms with van der Waals surface area (Å²) in [7, 11) is 0. The lowest BCUT2D eigenvalue weighted by atomic mass is 10.0. The van der Waals surface area contributed by atoms with E-state index in [1.165, 1.54) is 0 Å². The predicted octanol–water partition coefficient (Wildman–Crippen LogP) is 2.61. The zero-order valence-corrected chi connectivity index (χ0v) is 8.23. The summed E-state index contributed by atoms with van der Waals surface area (Å²) in [6, 6.07) is 5.50. The number of carbonyl (C=O) groups is 1. The zero-order valence-electron chi connectivity index (χ0n) is 6.66. The molecule has 1 unspecified atom stereocenters. The van der Waals surface area contributed by atoms with E-state index < -0.39 is 11.9 Å². The van der Waals surface area contributed by atoms with Crippen LogP contribution in [0.4, 0.5) is 0 Å². The van der Waals surface area contributed by atoms with E-state index in [4.69, 9.17) is 16.7 Å². The first-order valence-corrected chi connectivity index (χ1v) is 5.20. The molecule has 1 aromatic carbocycles. The Morgan fingerprint density at radius 3 is 3.08 bits per heavy atom. The number of benzene rings is 1. The fourth-order valence-electron chi connectivity index (χ4n) is 1.43. The summed E-state index contributed by atoms with van der Waals surface area (Å²) < 4.78 is 0. The number of aliphatic carboxylic acids is 1. The van der Waals surface area contributed by atoms with Crippen molar-refractivity contribution in [3.8, 4) is 0 Å². The van der Waals surface area contributed by atoms with E-state index in [1.54, 1.807) is 17.8 Å². The van der Waals surface area contributed by atoms with Gasteiger partial charge in [-0.15, -0.1) is 11.8 Å². The molecule has 0 aliphatic carbocycles.